The van der Waals surface area contributed by atoms with Crippen LogP contribution >= 0.6 is 12.2 Å². The van der Waals surface area contributed by atoms with Gasteiger partial charge in [-0.2, -0.15) is 0 Å². The summed E-state index contributed by atoms with van der Waals surface area (Å²) in [6.45, 7) is 6.51. The molecule has 0 radical (unpaired) electrons. The van der Waals surface area contributed by atoms with E-state index in [-0.39, 0.29) is 10.9 Å². The average molecular weight is 292 g/mol. The maximum atomic E-state index is 12.2. The van der Waals surface area contributed by atoms with E-state index in [0.29, 0.717) is 18.9 Å². The summed E-state index contributed by atoms with van der Waals surface area (Å²) >= 11 is 5.00. The van der Waals surface area contributed by atoms with E-state index in [2.05, 4.69) is 24.4 Å². The predicted molar refractivity (Wildman–Crippen MR) is 87.7 cm³/mol. The lowest BCUT2D eigenvalue weighted by atomic mass is 9.86. The summed E-state index contributed by atoms with van der Waals surface area (Å²) in [6.07, 6.45) is 1.51. The molecule has 3 N–H and O–H groups in total. The molecule has 0 bridgehead atoms. The highest BCUT2D eigenvalue weighted by Crippen LogP contribution is 2.22. The first-order valence-corrected chi connectivity index (χ1v) is 7.45. The fourth-order valence-electron chi connectivity index (χ4n) is 1.99. The fourth-order valence-corrected chi connectivity index (χ4v) is 2.23. The topological polar surface area (TPSA) is 55.1 Å². The molecule has 0 spiro atoms. The number of carbonyl (C=O) groups excluding carboxylic acids is 1. The number of thiocarbonyl (C=S) groups is 1. The molecule has 0 saturated carbocycles. The number of nitrogens with one attached hydrogen (secondary N) is 1. The van der Waals surface area contributed by atoms with Gasteiger partial charge in [0.25, 0.3) is 0 Å². The summed E-state index contributed by atoms with van der Waals surface area (Å²) in [5.74, 6) is 0.335. The molecular formula is C16H24N2OS. The average Bonchev–Trinajstić information content (AvgIpc) is 2.46. The molecular weight excluding hydrogens is 268 g/mol. The van der Waals surface area contributed by atoms with Crippen molar-refractivity contribution in [2.75, 3.05) is 6.54 Å². The maximum absolute atomic E-state index is 12.2. The first kappa shape index (κ1) is 16.6. The monoisotopic (exact) mass is 292 g/mol. The number of nitrogens with two attached hydrogens (primary N) is 1. The van der Waals surface area contributed by atoms with Gasteiger partial charge >= 0.3 is 0 Å². The molecule has 0 aliphatic carbocycles. The van der Waals surface area contributed by atoms with Crippen LogP contribution in [0.2, 0.25) is 0 Å². The van der Waals surface area contributed by atoms with Crippen molar-refractivity contribution >= 4 is 23.1 Å². The molecule has 0 saturated heterocycles. The second kappa shape index (κ2) is 7.39. The van der Waals surface area contributed by atoms with Crippen molar-refractivity contribution in [1.82, 2.24) is 5.32 Å². The number of carbonyl (C=O) groups is 1. The second-order valence-corrected chi connectivity index (χ2v) is 5.85. The van der Waals surface area contributed by atoms with Crippen LogP contribution < -0.4 is 11.1 Å². The molecule has 0 fully saturated rings. The molecule has 2 unspecified atom stereocenters. The van der Waals surface area contributed by atoms with Crippen molar-refractivity contribution in [2.45, 2.75) is 39.5 Å². The lowest BCUT2D eigenvalue weighted by molar-refractivity contribution is -0.126. The zero-order chi connectivity index (χ0) is 15.2. The summed E-state index contributed by atoms with van der Waals surface area (Å²) < 4.78 is 0. The molecule has 0 aliphatic heterocycles. The van der Waals surface area contributed by atoms with Crippen LogP contribution in [-0.4, -0.2) is 17.4 Å². The van der Waals surface area contributed by atoms with Gasteiger partial charge in [0.1, 0.15) is 0 Å². The summed E-state index contributed by atoms with van der Waals surface area (Å²) in [5, 5.41) is 2.95. The van der Waals surface area contributed by atoms with E-state index in [9.17, 15) is 4.79 Å². The normalized spacial score (nSPS) is 15.2. The van der Waals surface area contributed by atoms with Gasteiger partial charge in [-0.15, -0.1) is 0 Å². The van der Waals surface area contributed by atoms with Crippen molar-refractivity contribution in [3.63, 3.8) is 0 Å². The number of rotatable bonds is 7. The standard InChI is InChI=1S/C16H24N2OS/c1-4-16(3,14(17)20)15(19)18-11-10-12(2)13-8-6-5-7-9-13/h5-9,12H,4,10-11H2,1-3H3,(H2,17,20)(H,18,19). The third-order valence-corrected chi connectivity index (χ3v) is 4.43. The van der Waals surface area contributed by atoms with Gasteiger partial charge in [-0.05, 0) is 31.2 Å². The third-order valence-electron chi connectivity index (χ3n) is 3.98. The van der Waals surface area contributed by atoms with Crippen LogP contribution in [-0.2, 0) is 4.79 Å². The van der Waals surface area contributed by atoms with E-state index in [0.717, 1.165) is 6.42 Å². The largest absolute Gasteiger partial charge is 0.392 e. The van der Waals surface area contributed by atoms with Gasteiger partial charge in [0.2, 0.25) is 5.91 Å². The first-order valence-electron chi connectivity index (χ1n) is 7.05. The Kier molecular flexibility index (Phi) is 6.14. The molecule has 110 valence electrons. The summed E-state index contributed by atoms with van der Waals surface area (Å²) in [5.41, 5.74) is 6.22. The highest BCUT2D eigenvalue weighted by atomic mass is 32.1. The molecule has 1 amide bonds. The van der Waals surface area contributed by atoms with Crippen LogP contribution in [0.1, 0.15) is 45.1 Å². The summed E-state index contributed by atoms with van der Waals surface area (Å²) in [4.78, 5) is 12.4. The van der Waals surface area contributed by atoms with E-state index >= 15 is 0 Å². The molecule has 0 heterocycles. The molecule has 1 aromatic carbocycles. The minimum atomic E-state index is -0.745. The lowest BCUT2D eigenvalue weighted by Gasteiger charge is -2.25. The van der Waals surface area contributed by atoms with Crippen LogP contribution in [0.3, 0.4) is 0 Å². The molecule has 20 heavy (non-hydrogen) atoms. The van der Waals surface area contributed by atoms with E-state index in [1.807, 2.05) is 25.1 Å². The Morgan fingerprint density at radius 2 is 2.00 bits per heavy atom. The Labute approximate surface area is 126 Å². The molecule has 3 nitrogen and oxygen atoms in total. The van der Waals surface area contributed by atoms with Gasteiger partial charge in [0.05, 0.1) is 10.4 Å². The Hall–Kier alpha value is -1.42. The van der Waals surface area contributed by atoms with Gasteiger partial charge in [-0.3, -0.25) is 4.79 Å². The SMILES string of the molecule is CCC(C)(C(=O)NCCC(C)c1ccccc1)C(N)=S. The van der Waals surface area contributed by atoms with Gasteiger partial charge in [0, 0.05) is 6.54 Å². The highest BCUT2D eigenvalue weighted by Gasteiger charge is 2.34. The molecule has 2 atom stereocenters. The smallest absolute Gasteiger partial charge is 0.232 e. The number of amides is 1. The van der Waals surface area contributed by atoms with Crippen LogP contribution in [0.15, 0.2) is 30.3 Å². The molecule has 1 aromatic rings. The summed E-state index contributed by atoms with van der Waals surface area (Å²) in [7, 11) is 0. The van der Waals surface area contributed by atoms with Gasteiger partial charge < -0.3 is 11.1 Å². The van der Waals surface area contributed by atoms with Crippen molar-refractivity contribution < 1.29 is 4.79 Å². The van der Waals surface area contributed by atoms with Gasteiger partial charge in [-0.1, -0.05) is 56.4 Å². The maximum Gasteiger partial charge on any atom is 0.232 e. The Balaban J connectivity index is 2.48. The molecule has 4 heteroatoms. The van der Waals surface area contributed by atoms with E-state index in [1.54, 1.807) is 6.92 Å². The van der Waals surface area contributed by atoms with Crippen LogP contribution in [0.25, 0.3) is 0 Å². The number of hydrogen-bond donors (Lipinski definition) is 2. The molecule has 0 aliphatic rings. The number of benzene rings is 1. The fraction of sp³-hybridized carbons (Fsp3) is 0.500. The first-order chi connectivity index (χ1) is 9.41. The highest BCUT2D eigenvalue weighted by molar-refractivity contribution is 7.80. The minimum absolute atomic E-state index is 0.0761. The molecule has 1 rings (SSSR count). The Bertz CT molecular complexity index is 461. The van der Waals surface area contributed by atoms with Crippen LogP contribution in [0, 0.1) is 5.41 Å². The minimum Gasteiger partial charge on any atom is -0.392 e. The van der Waals surface area contributed by atoms with Gasteiger partial charge in [-0.25, -0.2) is 0 Å². The van der Waals surface area contributed by atoms with E-state index < -0.39 is 5.41 Å². The van der Waals surface area contributed by atoms with Crippen LogP contribution in [0.5, 0.6) is 0 Å². The number of hydrogen-bond acceptors (Lipinski definition) is 2. The zero-order valence-corrected chi connectivity index (χ0v) is 13.3. The Morgan fingerprint density at radius 3 is 2.50 bits per heavy atom. The Morgan fingerprint density at radius 1 is 1.40 bits per heavy atom. The van der Waals surface area contributed by atoms with E-state index in [4.69, 9.17) is 18.0 Å². The second-order valence-electron chi connectivity index (χ2n) is 5.41. The quantitative estimate of drug-likeness (QED) is 0.760. The lowest BCUT2D eigenvalue weighted by Crippen LogP contribution is -2.46. The van der Waals surface area contributed by atoms with Crippen molar-refractivity contribution in [3.8, 4) is 0 Å². The summed E-state index contributed by atoms with van der Waals surface area (Å²) in [6, 6.07) is 10.3. The predicted octanol–water partition coefficient (Wildman–Crippen LogP) is 3.00. The van der Waals surface area contributed by atoms with Crippen molar-refractivity contribution in [1.29, 1.82) is 0 Å². The van der Waals surface area contributed by atoms with Crippen molar-refractivity contribution in [2.24, 2.45) is 11.1 Å². The van der Waals surface area contributed by atoms with Crippen molar-refractivity contribution in [3.05, 3.63) is 35.9 Å². The van der Waals surface area contributed by atoms with Gasteiger partial charge in [0.15, 0.2) is 0 Å². The zero-order valence-electron chi connectivity index (χ0n) is 12.5. The van der Waals surface area contributed by atoms with E-state index in [1.165, 1.54) is 5.56 Å². The molecule has 0 aromatic heterocycles. The van der Waals surface area contributed by atoms with Crippen LogP contribution in [0.4, 0.5) is 0 Å². The third kappa shape index (κ3) is 4.04.